The molecule has 0 bridgehead atoms. The molecule has 0 aromatic heterocycles. The molecular weight excluding hydrogens is 653 g/mol. The molecule has 0 aromatic carbocycles. The van der Waals surface area contributed by atoms with Crippen LogP contribution in [0.5, 0.6) is 0 Å². The van der Waals surface area contributed by atoms with Gasteiger partial charge >= 0.3 is 0 Å². The molecule has 2 heteroatoms. The maximum atomic E-state index is 4.53. The van der Waals surface area contributed by atoms with E-state index >= 15 is 0 Å². The lowest BCUT2D eigenvalue weighted by molar-refractivity contribution is 0.127. The van der Waals surface area contributed by atoms with Crippen LogP contribution >= 0.6 is 0 Å². The number of nitrogens with one attached hydrogen (secondary N) is 1. The minimum Gasteiger partial charge on any atom is -0.358 e. The Hall–Kier alpha value is -2.06. The highest BCUT2D eigenvalue weighted by Crippen LogP contribution is 2.74. The van der Waals surface area contributed by atoms with Gasteiger partial charge in [0.05, 0.1) is 6.04 Å². The zero-order valence-corrected chi connectivity index (χ0v) is 34.3. The SMILES string of the molecule is CC1(C)C2=C(CCCC2)C2=C1CC(NC1CCC3C4CCCCC4C4(C5=C(CCCC5)C5=C4CCCC5N(C4=CCCC=C4)C4C=CCCC4)C3C1)CC2. The van der Waals surface area contributed by atoms with Crippen molar-refractivity contribution in [3.8, 4) is 0 Å². The van der Waals surface area contributed by atoms with Crippen molar-refractivity contribution >= 4 is 0 Å². The van der Waals surface area contributed by atoms with Gasteiger partial charge in [-0.3, -0.25) is 0 Å². The average Bonchev–Trinajstić information content (AvgIpc) is 3.78. The number of hydrogen-bond donors (Lipinski definition) is 1. The average molecular weight is 725 g/mol. The molecule has 11 aliphatic rings. The van der Waals surface area contributed by atoms with Crippen molar-refractivity contribution in [2.75, 3.05) is 0 Å². The summed E-state index contributed by atoms with van der Waals surface area (Å²) in [5, 5.41) is 4.53. The van der Waals surface area contributed by atoms with Crippen molar-refractivity contribution in [3.05, 3.63) is 80.7 Å². The summed E-state index contributed by atoms with van der Waals surface area (Å²) in [5.41, 5.74) is 17.6. The fourth-order valence-corrected chi connectivity index (χ4v) is 16.6. The fourth-order valence-electron chi connectivity index (χ4n) is 16.6. The van der Waals surface area contributed by atoms with Gasteiger partial charge in [-0.1, -0.05) is 73.3 Å². The van der Waals surface area contributed by atoms with Crippen LogP contribution in [0.3, 0.4) is 0 Å². The first-order valence-electron chi connectivity index (χ1n) is 24.0. The molecule has 9 atom stereocenters. The minimum atomic E-state index is 0.313. The summed E-state index contributed by atoms with van der Waals surface area (Å²) in [6.45, 7) is 5.19. The van der Waals surface area contributed by atoms with E-state index in [9.17, 15) is 0 Å². The van der Waals surface area contributed by atoms with E-state index in [1.54, 1.807) is 5.70 Å². The Morgan fingerprint density at radius 3 is 2.24 bits per heavy atom. The smallest absolute Gasteiger partial charge is 0.0551 e. The van der Waals surface area contributed by atoms with Gasteiger partial charge in [0.1, 0.15) is 0 Å². The Bertz CT molecular complexity index is 1750. The second-order valence-electron chi connectivity index (χ2n) is 21.0. The summed E-state index contributed by atoms with van der Waals surface area (Å²) >= 11 is 0. The fraction of sp³-hybridized carbons (Fsp3) is 0.731. The zero-order valence-electron chi connectivity index (χ0n) is 34.3. The molecule has 1 spiro atoms. The Morgan fingerprint density at radius 2 is 1.39 bits per heavy atom. The quantitative estimate of drug-likeness (QED) is 0.284. The van der Waals surface area contributed by atoms with Crippen LogP contribution in [0.4, 0.5) is 0 Å². The Morgan fingerprint density at radius 1 is 0.593 bits per heavy atom. The number of hydrogen-bond acceptors (Lipinski definition) is 2. The van der Waals surface area contributed by atoms with Crippen molar-refractivity contribution in [3.63, 3.8) is 0 Å². The summed E-state index contributed by atoms with van der Waals surface area (Å²) in [7, 11) is 0. The van der Waals surface area contributed by atoms with E-state index < -0.39 is 0 Å². The normalized spacial score (nSPS) is 41.0. The third-order valence-electron chi connectivity index (χ3n) is 18.4. The molecule has 1 N–H and O–H groups in total. The molecule has 0 aromatic rings. The van der Waals surface area contributed by atoms with Crippen LogP contribution in [0.15, 0.2) is 80.7 Å². The zero-order chi connectivity index (χ0) is 36.0. The maximum Gasteiger partial charge on any atom is 0.0551 e. The molecule has 2 nitrogen and oxygen atoms in total. The van der Waals surface area contributed by atoms with E-state index in [1.165, 1.54) is 167 Å². The highest BCUT2D eigenvalue weighted by molar-refractivity contribution is 5.60. The van der Waals surface area contributed by atoms with E-state index in [4.69, 9.17) is 0 Å². The molecular formula is C52H72N2. The van der Waals surface area contributed by atoms with Crippen LogP contribution in [0.25, 0.3) is 0 Å². The van der Waals surface area contributed by atoms with Crippen molar-refractivity contribution in [1.29, 1.82) is 0 Å². The molecule has 11 aliphatic carbocycles. The molecule has 3 saturated carbocycles. The first-order valence-corrected chi connectivity index (χ1v) is 24.0. The van der Waals surface area contributed by atoms with E-state index in [2.05, 4.69) is 65.6 Å². The van der Waals surface area contributed by atoms with Gasteiger partial charge in [0.15, 0.2) is 0 Å². The molecule has 54 heavy (non-hydrogen) atoms. The van der Waals surface area contributed by atoms with Crippen molar-refractivity contribution in [1.82, 2.24) is 10.2 Å². The summed E-state index contributed by atoms with van der Waals surface area (Å²) in [6, 6.07) is 2.53. The predicted molar refractivity (Wildman–Crippen MR) is 225 cm³/mol. The third kappa shape index (κ3) is 5.25. The van der Waals surface area contributed by atoms with Gasteiger partial charge in [-0.2, -0.15) is 0 Å². The van der Waals surface area contributed by atoms with Crippen LogP contribution in [0, 0.1) is 34.5 Å². The lowest BCUT2D eigenvalue weighted by Crippen LogP contribution is -2.48. The van der Waals surface area contributed by atoms with Gasteiger partial charge in [0.25, 0.3) is 0 Å². The molecule has 9 unspecified atom stereocenters. The van der Waals surface area contributed by atoms with Gasteiger partial charge in [-0.15, -0.1) is 0 Å². The van der Waals surface area contributed by atoms with E-state index in [0.29, 0.717) is 35.0 Å². The largest absolute Gasteiger partial charge is 0.358 e. The van der Waals surface area contributed by atoms with E-state index in [-0.39, 0.29) is 0 Å². The van der Waals surface area contributed by atoms with Crippen LogP contribution < -0.4 is 5.32 Å². The second-order valence-corrected chi connectivity index (χ2v) is 21.0. The first-order chi connectivity index (χ1) is 26.5. The number of fused-ring (bicyclic) bond motifs is 9. The van der Waals surface area contributed by atoms with E-state index in [0.717, 1.165) is 23.7 Å². The molecule has 0 saturated heterocycles. The molecule has 11 rings (SSSR count). The highest BCUT2D eigenvalue weighted by atomic mass is 15.2. The van der Waals surface area contributed by atoms with Crippen LogP contribution in [0.2, 0.25) is 0 Å². The molecule has 0 amide bonds. The second kappa shape index (κ2) is 13.8. The molecule has 0 heterocycles. The third-order valence-corrected chi connectivity index (χ3v) is 18.4. The Kier molecular flexibility index (Phi) is 8.98. The first kappa shape index (κ1) is 35.1. The Balaban J connectivity index is 0.954. The monoisotopic (exact) mass is 725 g/mol. The van der Waals surface area contributed by atoms with Crippen LogP contribution in [-0.4, -0.2) is 29.1 Å². The lowest BCUT2D eigenvalue weighted by atomic mass is 9.56. The summed E-state index contributed by atoms with van der Waals surface area (Å²) in [6.07, 6.45) is 49.0. The van der Waals surface area contributed by atoms with Gasteiger partial charge in [0.2, 0.25) is 0 Å². The van der Waals surface area contributed by atoms with Crippen molar-refractivity contribution < 1.29 is 0 Å². The van der Waals surface area contributed by atoms with Gasteiger partial charge in [-0.25, -0.2) is 0 Å². The van der Waals surface area contributed by atoms with Gasteiger partial charge in [-0.05, 0) is 206 Å². The molecule has 0 aliphatic heterocycles. The van der Waals surface area contributed by atoms with Crippen LogP contribution in [-0.2, 0) is 0 Å². The number of rotatable bonds is 5. The molecule has 290 valence electrons. The topological polar surface area (TPSA) is 15.3 Å². The summed E-state index contributed by atoms with van der Waals surface area (Å²) in [4.78, 5) is 3.03. The molecule has 0 radical (unpaired) electrons. The van der Waals surface area contributed by atoms with Gasteiger partial charge in [0, 0.05) is 34.7 Å². The van der Waals surface area contributed by atoms with E-state index in [1.807, 2.05) is 33.4 Å². The molecule has 3 fully saturated rings. The summed E-state index contributed by atoms with van der Waals surface area (Å²) in [5.74, 6) is 3.74. The van der Waals surface area contributed by atoms with Crippen molar-refractivity contribution in [2.24, 2.45) is 34.5 Å². The summed E-state index contributed by atoms with van der Waals surface area (Å²) < 4.78 is 0. The minimum absolute atomic E-state index is 0.313. The maximum absolute atomic E-state index is 4.53. The Labute approximate surface area is 329 Å². The van der Waals surface area contributed by atoms with Crippen molar-refractivity contribution in [2.45, 2.75) is 205 Å². The van der Waals surface area contributed by atoms with Gasteiger partial charge < -0.3 is 10.2 Å². The number of nitrogens with zero attached hydrogens (tertiary/aromatic N) is 1. The standard InChI is InChI=1S/C52H72N2/c1-51(2)43-23-12-9-20-38(43)40-30-28-34(32-47(40)51)53-35-29-31-41-39-21-10-13-24-44(39)52(48(41)33-35)45-25-14-11-22-42(45)50-46(52)26-15-27-49(50)54(36-16-5-3-6-17-36)37-18-7-4-8-19-37/h5,7,16-18,34-35,37,39,41,44,48-49,53H,3-4,6,8-15,19-33H2,1-2H3. The highest BCUT2D eigenvalue weighted by Gasteiger charge is 2.67. The number of allylic oxidation sites excluding steroid dienone is 9. The van der Waals surface area contributed by atoms with Crippen LogP contribution in [0.1, 0.15) is 181 Å². The lowest BCUT2D eigenvalue weighted by Gasteiger charge is -2.49. The predicted octanol–water partition coefficient (Wildman–Crippen LogP) is 13.3.